The average Bonchev–Trinajstić information content (AvgIpc) is 2.24. The van der Waals surface area contributed by atoms with Gasteiger partial charge in [0.1, 0.15) is 11.4 Å². The van der Waals surface area contributed by atoms with E-state index in [0.717, 1.165) is 12.3 Å². The van der Waals surface area contributed by atoms with Gasteiger partial charge in [-0.1, -0.05) is 0 Å². The van der Waals surface area contributed by atoms with Crippen LogP contribution >= 0.6 is 0 Å². The van der Waals surface area contributed by atoms with Crippen LogP contribution in [0.3, 0.4) is 0 Å². The fourth-order valence-corrected chi connectivity index (χ4v) is 2.21. The Bertz CT molecular complexity index is 648. The van der Waals surface area contributed by atoms with Crippen molar-refractivity contribution in [1.29, 1.82) is 0 Å². The number of carboxylic acids is 1. The Labute approximate surface area is 122 Å². The van der Waals surface area contributed by atoms with Gasteiger partial charge in [-0.3, -0.25) is 9.52 Å². The number of hydrogen-bond acceptors (Lipinski definition) is 6. The van der Waals surface area contributed by atoms with Crippen molar-refractivity contribution >= 4 is 27.8 Å². The van der Waals surface area contributed by atoms with Crippen molar-refractivity contribution in [2.75, 3.05) is 10.5 Å². The monoisotopic (exact) mass is 316 g/mol. The zero-order valence-electron chi connectivity index (χ0n) is 11.8. The Balaban J connectivity index is 2.79. The number of sulfonamides is 1. The van der Waals surface area contributed by atoms with Crippen molar-refractivity contribution in [3.63, 3.8) is 0 Å². The number of hydrogen-bond donors (Lipinski definition) is 2. The van der Waals surface area contributed by atoms with Gasteiger partial charge in [0.2, 0.25) is 10.0 Å². The van der Waals surface area contributed by atoms with Crippen molar-refractivity contribution in [3.05, 3.63) is 23.9 Å². The molecule has 0 aromatic carbocycles. The Kier molecular flexibility index (Phi) is 4.89. The van der Waals surface area contributed by atoms with Gasteiger partial charge in [-0.15, -0.1) is 0 Å². The highest BCUT2D eigenvalue weighted by molar-refractivity contribution is 7.93. The van der Waals surface area contributed by atoms with Crippen LogP contribution in [0.5, 0.6) is 0 Å². The average molecular weight is 316 g/mol. The molecule has 0 saturated heterocycles. The van der Waals surface area contributed by atoms with Crippen molar-refractivity contribution < 1.29 is 27.9 Å². The van der Waals surface area contributed by atoms with Gasteiger partial charge in [0.25, 0.3) is 0 Å². The van der Waals surface area contributed by atoms with E-state index in [1.807, 2.05) is 4.72 Å². The summed E-state index contributed by atoms with van der Waals surface area (Å²) in [4.78, 5) is 25.9. The number of esters is 1. The number of ether oxygens (including phenoxy) is 1. The standard InChI is InChI=1S/C12H16N2O6S/c1-12(2,3)20-10(15)7-21(18,19)14-9-6-8(11(16)17)4-5-13-9/h4-6H,7H2,1-3H3,(H,13,14)(H,16,17). The Morgan fingerprint density at radius 3 is 2.52 bits per heavy atom. The number of carbonyl (C=O) groups is 2. The summed E-state index contributed by atoms with van der Waals surface area (Å²) in [5, 5.41) is 8.80. The van der Waals surface area contributed by atoms with Gasteiger partial charge in [-0.25, -0.2) is 18.2 Å². The summed E-state index contributed by atoms with van der Waals surface area (Å²) in [7, 11) is -4.03. The van der Waals surface area contributed by atoms with Crippen LogP contribution in [0.1, 0.15) is 31.1 Å². The first kappa shape index (κ1) is 16.9. The van der Waals surface area contributed by atoms with E-state index in [0.29, 0.717) is 0 Å². The summed E-state index contributed by atoms with van der Waals surface area (Å²) < 4.78 is 30.5. The van der Waals surface area contributed by atoms with Crippen LogP contribution in [0, 0.1) is 0 Å². The molecule has 116 valence electrons. The van der Waals surface area contributed by atoms with E-state index < -0.39 is 33.3 Å². The van der Waals surface area contributed by atoms with Crippen LogP contribution in [0.2, 0.25) is 0 Å². The second-order valence-electron chi connectivity index (χ2n) is 5.18. The smallest absolute Gasteiger partial charge is 0.335 e. The van der Waals surface area contributed by atoms with E-state index in [4.69, 9.17) is 9.84 Å². The molecule has 0 aliphatic heterocycles. The number of rotatable bonds is 5. The van der Waals surface area contributed by atoms with Crippen molar-refractivity contribution in [1.82, 2.24) is 4.98 Å². The van der Waals surface area contributed by atoms with Crippen LogP contribution in [0.25, 0.3) is 0 Å². The summed E-state index contributed by atoms with van der Waals surface area (Å²) in [6, 6.07) is 2.27. The topological polar surface area (TPSA) is 123 Å². The minimum atomic E-state index is -4.03. The minimum absolute atomic E-state index is 0.125. The zero-order valence-corrected chi connectivity index (χ0v) is 12.6. The third kappa shape index (κ3) is 6.21. The highest BCUT2D eigenvalue weighted by Gasteiger charge is 2.23. The fourth-order valence-electron chi connectivity index (χ4n) is 1.34. The Morgan fingerprint density at radius 2 is 2.00 bits per heavy atom. The predicted molar refractivity (Wildman–Crippen MR) is 74.5 cm³/mol. The maximum absolute atomic E-state index is 11.8. The van der Waals surface area contributed by atoms with E-state index in [1.54, 1.807) is 20.8 Å². The van der Waals surface area contributed by atoms with Crippen LogP contribution < -0.4 is 4.72 Å². The number of nitrogens with zero attached hydrogens (tertiary/aromatic N) is 1. The van der Waals surface area contributed by atoms with Gasteiger partial charge in [0.15, 0.2) is 5.75 Å². The van der Waals surface area contributed by atoms with Gasteiger partial charge >= 0.3 is 11.9 Å². The summed E-state index contributed by atoms with van der Waals surface area (Å²) in [6.07, 6.45) is 1.15. The van der Waals surface area contributed by atoms with E-state index >= 15 is 0 Å². The van der Waals surface area contributed by atoms with Gasteiger partial charge < -0.3 is 9.84 Å². The lowest BCUT2D eigenvalue weighted by atomic mass is 10.2. The van der Waals surface area contributed by atoms with Gasteiger partial charge in [0, 0.05) is 6.20 Å². The molecule has 0 spiro atoms. The lowest BCUT2D eigenvalue weighted by Crippen LogP contribution is -2.31. The van der Waals surface area contributed by atoms with Gasteiger partial charge in [-0.2, -0.15) is 0 Å². The summed E-state index contributed by atoms with van der Waals surface area (Å²) in [6.45, 7) is 4.84. The fraction of sp³-hybridized carbons (Fsp3) is 0.417. The van der Waals surface area contributed by atoms with Crippen molar-refractivity contribution in [2.24, 2.45) is 0 Å². The number of pyridine rings is 1. The summed E-state index contributed by atoms with van der Waals surface area (Å²) in [5.41, 5.74) is -0.923. The largest absolute Gasteiger partial charge is 0.478 e. The molecule has 0 atom stereocenters. The third-order valence-electron chi connectivity index (χ3n) is 1.99. The molecule has 9 heteroatoms. The lowest BCUT2D eigenvalue weighted by Gasteiger charge is -2.19. The molecule has 0 unspecified atom stereocenters. The third-order valence-corrected chi connectivity index (χ3v) is 3.13. The molecule has 8 nitrogen and oxygen atoms in total. The number of nitrogens with one attached hydrogen (secondary N) is 1. The lowest BCUT2D eigenvalue weighted by molar-refractivity contribution is -0.151. The van der Waals surface area contributed by atoms with Crippen LogP contribution in [0.15, 0.2) is 18.3 Å². The Hall–Kier alpha value is -2.16. The first-order chi connectivity index (χ1) is 9.48. The molecule has 0 amide bonds. The quantitative estimate of drug-likeness (QED) is 0.772. The van der Waals surface area contributed by atoms with Crippen LogP contribution in [0.4, 0.5) is 5.82 Å². The van der Waals surface area contributed by atoms with Gasteiger partial charge in [0.05, 0.1) is 5.56 Å². The maximum Gasteiger partial charge on any atom is 0.335 e. The van der Waals surface area contributed by atoms with E-state index in [-0.39, 0.29) is 11.4 Å². The molecule has 2 N–H and O–H groups in total. The zero-order chi connectivity index (χ0) is 16.3. The molecule has 0 aliphatic rings. The number of carbonyl (C=O) groups excluding carboxylic acids is 1. The number of aromatic nitrogens is 1. The summed E-state index contributed by atoms with van der Waals surface area (Å²) >= 11 is 0. The first-order valence-corrected chi connectivity index (χ1v) is 7.55. The molecule has 1 aromatic rings. The second-order valence-corrected chi connectivity index (χ2v) is 6.90. The molecule has 1 aromatic heterocycles. The first-order valence-electron chi connectivity index (χ1n) is 5.90. The highest BCUT2D eigenvalue weighted by Crippen LogP contribution is 2.11. The molecule has 0 saturated carbocycles. The molecule has 0 radical (unpaired) electrons. The molecule has 0 fully saturated rings. The highest BCUT2D eigenvalue weighted by atomic mass is 32.2. The van der Waals surface area contributed by atoms with Crippen LogP contribution in [-0.4, -0.2) is 41.8 Å². The number of aromatic carboxylic acids is 1. The van der Waals surface area contributed by atoms with Crippen molar-refractivity contribution in [3.8, 4) is 0 Å². The van der Waals surface area contributed by atoms with E-state index in [1.165, 1.54) is 6.07 Å². The molecule has 0 bridgehead atoms. The SMILES string of the molecule is CC(C)(C)OC(=O)CS(=O)(=O)Nc1cc(C(=O)O)ccn1. The molecule has 0 aliphatic carbocycles. The van der Waals surface area contributed by atoms with Crippen LogP contribution in [-0.2, 0) is 19.6 Å². The molecular formula is C12H16N2O6S. The molecule has 1 rings (SSSR count). The van der Waals surface area contributed by atoms with E-state index in [2.05, 4.69) is 4.98 Å². The number of carboxylic acid groups (broad SMARTS) is 1. The normalized spacial score (nSPS) is 11.8. The number of anilines is 1. The Morgan fingerprint density at radius 1 is 1.38 bits per heavy atom. The van der Waals surface area contributed by atoms with E-state index in [9.17, 15) is 18.0 Å². The van der Waals surface area contributed by atoms with Gasteiger partial charge in [-0.05, 0) is 32.9 Å². The molecule has 1 heterocycles. The summed E-state index contributed by atoms with van der Waals surface area (Å²) in [5.74, 6) is -3.20. The maximum atomic E-state index is 11.8. The van der Waals surface area contributed by atoms with Crippen molar-refractivity contribution in [2.45, 2.75) is 26.4 Å². The predicted octanol–water partition coefficient (Wildman–Crippen LogP) is 0.863. The minimum Gasteiger partial charge on any atom is -0.478 e. The molecule has 21 heavy (non-hydrogen) atoms. The molecular weight excluding hydrogens is 300 g/mol. The second kappa shape index (κ2) is 6.08.